The van der Waals surface area contributed by atoms with Crippen molar-refractivity contribution in [3.63, 3.8) is 0 Å². The van der Waals surface area contributed by atoms with Crippen LogP contribution in [0.3, 0.4) is 0 Å². The molecule has 0 aliphatic rings. The minimum Gasteiger partial charge on any atom is -0.465 e. The molecule has 3 heterocycles. The van der Waals surface area contributed by atoms with Gasteiger partial charge in [-0.25, -0.2) is 9.78 Å². The van der Waals surface area contributed by atoms with Crippen LogP contribution in [-0.4, -0.2) is 38.7 Å². The lowest BCUT2D eigenvalue weighted by atomic mass is 10.2. The number of amides is 1. The zero-order chi connectivity index (χ0) is 17.3. The average Bonchev–Trinajstić information content (AvgIpc) is 2.88. The predicted molar refractivity (Wildman–Crippen MR) is 86.8 cm³/mol. The molecule has 24 heavy (non-hydrogen) atoms. The van der Waals surface area contributed by atoms with Crippen molar-refractivity contribution < 1.29 is 14.3 Å². The summed E-state index contributed by atoms with van der Waals surface area (Å²) in [7, 11) is 3.10. The summed E-state index contributed by atoms with van der Waals surface area (Å²) in [4.78, 5) is 31.9. The minimum absolute atomic E-state index is 0.186. The third kappa shape index (κ3) is 2.81. The minimum atomic E-state index is -0.504. The lowest BCUT2D eigenvalue weighted by Gasteiger charge is -2.05. The zero-order valence-corrected chi connectivity index (χ0v) is 13.4. The van der Waals surface area contributed by atoms with Crippen LogP contribution in [-0.2, 0) is 11.8 Å². The number of hydrogen-bond donors (Lipinski definition) is 1. The molecule has 3 aromatic heterocycles. The Morgan fingerprint density at radius 3 is 2.67 bits per heavy atom. The molecule has 8 nitrogen and oxygen atoms in total. The number of pyridine rings is 2. The molecule has 1 amide bonds. The molecule has 0 radical (unpaired) electrons. The monoisotopic (exact) mass is 325 g/mol. The van der Waals surface area contributed by atoms with Crippen LogP contribution in [0.15, 0.2) is 30.6 Å². The fourth-order valence-electron chi connectivity index (χ4n) is 2.34. The summed E-state index contributed by atoms with van der Waals surface area (Å²) >= 11 is 0. The highest BCUT2D eigenvalue weighted by molar-refractivity contribution is 6.04. The molecule has 0 saturated carbocycles. The van der Waals surface area contributed by atoms with Crippen molar-refractivity contribution in [3.05, 3.63) is 47.5 Å². The van der Waals surface area contributed by atoms with E-state index in [4.69, 9.17) is 0 Å². The van der Waals surface area contributed by atoms with Gasteiger partial charge in [0.15, 0.2) is 5.65 Å². The molecule has 1 N–H and O–H groups in total. The van der Waals surface area contributed by atoms with E-state index in [-0.39, 0.29) is 11.3 Å². The largest absolute Gasteiger partial charge is 0.465 e. The first-order valence-corrected chi connectivity index (χ1v) is 7.14. The van der Waals surface area contributed by atoms with Crippen molar-refractivity contribution in [2.45, 2.75) is 6.92 Å². The van der Waals surface area contributed by atoms with E-state index >= 15 is 0 Å². The summed E-state index contributed by atoms with van der Waals surface area (Å²) in [5.74, 6) is -0.898. The molecule has 3 aromatic rings. The van der Waals surface area contributed by atoms with Crippen molar-refractivity contribution in [1.82, 2.24) is 19.7 Å². The van der Waals surface area contributed by atoms with Crippen LogP contribution in [0, 0.1) is 6.92 Å². The number of aryl methyl sites for hydroxylation is 2. The van der Waals surface area contributed by atoms with Crippen LogP contribution in [0.1, 0.15) is 26.5 Å². The van der Waals surface area contributed by atoms with Crippen LogP contribution in [0.5, 0.6) is 0 Å². The second-order valence-electron chi connectivity index (χ2n) is 5.18. The highest BCUT2D eigenvalue weighted by atomic mass is 16.5. The zero-order valence-electron chi connectivity index (χ0n) is 13.4. The van der Waals surface area contributed by atoms with Crippen LogP contribution < -0.4 is 5.32 Å². The van der Waals surface area contributed by atoms with Gasteiger partial charge in [0.1, 0.15) is 5.69 Å². The molecule has 8 heteroatoms. The fraction of sp³-hybridized carbons (Fsp3) is 0.188. The molecule has 3 rings (SSSR count). The van der Waals surface area contributed by atoms with Crippen molar-refractivity contribution in [3.8, 4) is 0 Å². The summed E-state index contributed by atoms with van der Waals surface area (Å²) < 4.78 is 6.27. The number of methoxy groups -OCH3 is 1. The number of aromatic nitrogens is 4. The number of esters is 1. The third-order valence-corrected chi connectivity index (χ3v) is 3.54. The second kappa shape index (κ2) is 6.07. The van der Waals surface area contributed by atoms with E-state index in [9.17, 15) is 9.59 Å². The van der Waals surface area contributed by atoms with E-state index in [1.807, 2.05) is 20.0 Å². The maximum Gasteiger partial charge on any atom is 0.339 e. The van der Waals surface area contributed by atoms with E-state index in [1.54, 1.807) is 10.9 Å². The first kappa shape index (κ1) is 15.6. The van der Waals surface area contributed by atoms with Gasteiger partial charge in [0.25, 0.3) is 5.91 Å². The van der Waals surface area contributed by atoms with Crippen LogP contribution in [0.25, 0.3) is 11.0 Å². The Hall–Kier alpha value is -3.29. The maximum atomic E-state index is 12.3. The van der Waals surface area contributed by atoms with Gasteiger partial charge in [0.2, 0.25) is 0 Å². The number of hydrogen-bond acceptors (Lipinski definition) is 6. The molecule has 0 saturated heterocycles. The van der Waals surface area contributed by atoms with Gasteiger partial charge >= 0.3 is 5.97 Å². The number of anilines is 1. The second-order valence-corrected chi connectivity index (χ2v) is 5.18. The Balaban J connectivity index is 1.81. The number of nitrogens with one attached hydrogen (secondary N) is 1. The summed E-state index contributed by atoms with van der Waals surface area (Å²) in [5.41, 5.74) is 2.58. The van der Waals surface area contributed by atoms with Gasteiger partial charge in [0.05, 0.1) is 30.3 Å². The van der Waals surface area contributed by atoms with Gasteiger partial charge in [-0.1, -0.05) is 0 Å². The Kier molecular flexibility index (Phi) is 3.95. The Morgan fingerprint density at radius 2 is 2.00 bits per heavy atom. The smallest absolute Gasteiger partial charge is 0.339 e. The molecule has 122 valence electrons. The highest BCUT2D eigenvalue weighted by Gasteiger charge is 2.12. The molecule has 0 aliphatic heterocycles. The van der Waals surface area contributed by atoms with E-state index in [1.165, 1.54) is 25.4 Å². The van der Waals surface area contributed by atoms with Gasteiger partial charge in [-0.15, -0.1) is 0 Å². The molecular weight excluding hydrogens is 310 g/mol. The van der Waals surface area contributed by atoms with Crippen LogP contribution in [0.4, 0.5) is 5.69 Å². The van der Waals surface area contributed by atoms with Crippen molar-refractivity contribution in [2.24, 2.45) is 7.05 Å². The van der Waals surface area contributed by atoms with Gasteiger partial charge in [-0.2, -0.15) is 5.10 Å². The van der Waals surface area contributed by atoms with Crippen molar-refractivity contribution in [1.29, 1.82) is 0 Å². The summed E-state index contributed by atoms with van der Waals surface area (Å²) in [5, 5.41) is 7.89. The van der Waals surface area contributed by atoms with Gasteiger partial charge in [0, 0.05) is 18.6 Å². The van der Waals surface area contributed by atoms with Gasteiger partial charge in [-0.3, -0.25) is 14.5 Å². The molecular formula is C16H15N5O3. The first-order chi connectivity index (χ1) is 11.5. The topological polar surface area (TPSA) is 99.0 Å². The maximum absolute atomic E-state index is 12.3. The Morgan fingerprint density at radius 1 is 1.21 bits per heavy atom. The summed E-state index contributed by atoms with van der Waals surface area (Å²) in [6, 6.07) is 4.76. The number of rotatable bonds is 3. The molecule has 0 aromatic carbocycles. The van der Waals surface area contributed by atoms with Crippen molar-refractivity contribution >= 4 is 28.6 Å². The predicted octanol–water partition coefficient (Wildman–Crippen LogP) is 1.71. The number of carbonyl (C=O) groups is 2. The molecule has 0 fully saturated rings. The Bertz CT molecular complexity index is 931. The lowest BCUT2D eigenvalue weighted by molar-refractivity contribution is 0.0600. The SMILES string of the molecule is COC(=O)c1ccc(C(=O)Nc2cnc3c(c2)c(C)nn3C)nc1. The highest BCUT2D eigenvalue weighted by Crippen LogP contribution is 2.19. The molecule has 0 spiro atoms. The standard InChI is InChI=1S/C16H15N5O3/c1-9-12-6-11(8-18-14(12)21(2)20-9)19-15(22)13-5-4-10(7-17-13)16(23)24-3/h4-8H,1-3H3,(H,19,22). The number of nitrogens with zero attached hydrogens (tertiary/aromatic N) is 4. The summed E-state index contributed by atoms with van der Waals surface area (Å²) in [6.45, 7) is 1.88. The molecule has 0 atom stereocenters. The lowest BCUT2D eigenvalue weighted by Crippen LogP contribution is -2.14. The van der Waals surface area contributed by atoms with Crippen LogP contribution in [0.2, 0.25) is 0 Å². The average molecular weight is 325 g/mol. The molecule has 0 aliphatic carbocycles. The van der Waals surface area contributed by atoms with E-state index < -0.39 is 11.9 Å². The number of carbonyl (C=O) groups excluding carboxylic acids is 2. The molecule has 0 unspecified atom stereocenters. The summed E-state index contributed by atoms with van der Waals surface area (Å²) in [6.07, 6.45) is 2.86. The molecule has 0 bridgehead atoms. The van der Waals surface area contributed by atoms with Crippen LogP contribution >= 0.6 is 0 Å². The Labute approximate surface area is 137 Å². The van der Waals surface area contributed by atoms with E-state index in [2.05, 4.69) is 25.1 Å². The third-order valence-electron chi connectivity index (χ3n) is 3.54. The van der Waals surface area contributed by atoms with Crippen molar-refractivity contribution in [2.75, 3.05) is 12.4 Å². The first-order valence-electron chi connectivity index (χ1n) is 7.14. The number of ether oxygens (including phenoxy) is 1. The van der Waals surface area contributed by atoms with Gasteiger partial charge in [-0.05, 0) is 25.1 Å². The van der Waals surface area contributed by atoms with E-state index in [0.717, 1.165) is 16.7 Å². The van der Waals surface area contributed by atoms with Gasteiger partial charge < -0.3 is 10.1 Å². The fourth-order valence-corrected chi connectivity index (χ4v) is 2.34. The number of fused-ring (bicyclic) bond motifs is 1. The normalized spacial score (nSPS) is 10.6. The van der Waals surface area contributed by atoms with E-state index in [0.29, 0.717) is 5.69 Å². The quantitative estimate of drug-likeness (QED) is 0.736.